The van der Waals surface area contributed by atoms with Crippen LogP contribution in [0, 0.1) is 35.5 Å². The molecule has 3 N–H and O–H groups in total. The third-order valence-electron chi connectivity index (χ3n) is 6.75. The molecule has 6 nitrogen and oxygen atoms in total. The monoisotopic (exact) mass is 298 g/mol. The van der Waals surface area contributed by atoms with Gasteiger partial charge in [-0.1, -0.05) is 0 Å². The molecule has 6 saturated carbocycles. The third-order valence-corrected chi connectivity index (χ3v) is 8.55. The van der Waals surface area contributed by atoms with E-state index in [4.69, 9.17) is 9.88 Å². The summed E-state index contributed by atoms with van der Waals surface area (Å²) >= 11 is 0. The Kier molecular flexibility index (Phi) is 1.48. The van der Waals surface area contributed by atoms with Crippen LogP contribution in [-0.4, -0.2) is 30.4 Å². The number of hydrogen-bond donors (Lipinski definition) is 2. The molecule has 0 unspecified atom stereocenters. The Morgan fingerprint density at radius 1 is 1.10 bits per heavy atom. The second-order valence-corrected chi connectivity index (χ2v) is 9.91. The highest BCUT2D eigenvalue weighted by atomic mass is 32.2. The smallest absolute Gasteiger partial charge is 0.408 e. The van der Waals surface area contributed by atoms with Gasteiger partial charge in [0.15, 0.2) is 0 Å². The van der Waals surface area contributed by atoms with Crippen molar-refractivity contribution in [3.05, 3.63) is 0 Å². The Bertz CT molecular complexity index is 623. The Balaban J connectivity index is 1.36. The van der Waals surface area contributed by atoms with Crippen LogP contribution in [0.1, 0.15) is 20.8 Å². The molecule has 0 aromatic carbocycles. The van der Waals surface area contributed by atoms with E-state index < -0.39 is 20.4 Å². The number of amides is 1. The minimum absolute atomic E-state index is 0.144. The number of ether oxygens (including phenoxy) is 1. The summed E-state index contributed by atoms with van der Waals surface area (Å²) in [5, 5.41) is 8.45. The SMILES string of the molecule is CC(C)(C)OC(=O)NC12C3C4C1C1C2C3C41S(N)(=O)=O. The van der Waals surface area contributed by atoms with Crippen molar-refractivity contribution in [3.8, 4) is 0 Å². The first kappa shape index (κ1) is 11.8. The zero-order chi connectivity index (χ0) is 14.5. The van der Waals surface area contributed by atoms with E-state index in [1.807, 2.05) is 20.8 Å². The van der Waals surface area contributed by atoms with Crippen molar-refractivity contribution in [1.82, 2.24) is 5.32 Å². The van der Waals surface area contributed by atoms with Gasteiger partial charge in [-0.3, -0.25) is 0 Å². The van der Waals surface area contributed by atoms with Crippen molar-refractivity contribution in [3.63, 3.8) is 0 Å². The first-order chi connectivity index (χ1) is 9.08. The van der Waals surface area contributed by atoms with E-state index in [1.165, 1.54) is 0 Å². The Morgan fingerprint density at radius 3 is 1.90 bits per heavy atom. The lowest BCUT2D eigenvalue weighted by Gasteiger charge is -3.09. The first-order valence-corrected chi connectivity index (χ1v) is 8.66. The van der Waals surface area contributed by atoms with Gasteiger partial charge >= 0.3 is 6.09 Å². The molecule has 6 aliphatic rings. The summed E-state index contributed by atoms with van der Waals surface area (Å²) in [4.78, 5) is 11.9. The van der Waals surface area contributed by atoms with Gasteiger partial charge in [0.05, 0.1) is 10.3 Å². The molecule has 0 saturated heterocycles. The average molecular weight is 298 g/mol. The van der Waals surface area contributed by atoms with Crippen LogP contribution in [0.2, 0.25) is 0 Å². The maximum atomic E-state index is 11.9. The summed E-state index contributed by atoms with van der Waals surface area (Å²) in [5.41, 5.74) is -0.653. The maximum Gasteiger partial charge on any atom is 0.408 e. The summed E-state index contributed by atoms with van der Waals surface area (Å²) in [6.45, 7) is 5.51. The van der Waals surface area contributed by atoms with E-state index in [0.29, 0.717) is 17.8 Å². The Hall–Kier alpha value is -0.820. The predicted molar refractivity (Wildman–Crippen MR) is 68.9 cm³/mol. The molecule has 6 rings (SSSR count). The van der Waals surface area contributed by atoms with Gasteiger partial charge in [0.1, 0.15) is 5.60 Å². The van der Waals surface area contributed by atoms with Crippen LogP contribution in [-0.2, 0) is 14.8 Å². The van der Waals surface area contributed by atoms with Gasteiger partial charge in [-0.25, -0.2) is 18.4 Å². The molecule has 0 heterocycles. The van der Waals surface area contributed by atoms with Crippen LogP contribution < -0.4 is 10.5 Å². The molecule has 0 aromatic heterocycles. The molecular weight excluding hydrogens is 280 g/mol. The van der Waals surface area contributed by atoms with E-state index in [0.717, 1.165) is 0 Å². The van der Waals surface area contributed by atoms with Gasteiger partial charge in [0, 0.05) is 0 Å². The Labute approximate surface area is 117 Å². The van der Waals surface area contributed by atoms with Gasteiger partial charge in [0.25, 0.3) is 0 Å². The fourth-order valence-electron chi connectivity index (χ4n) is 6.73. The number of rotatable bonds is 2. The molecule has 0 aliphatic heterocycles. The van der Waals surface area contributed by atoms with E-state index in [2.05, 4.69) is 5.32 Å². The highest BCUT2D eigenvalue weighted by molar-refractivity contribution is 7.90. The van der Waals surface area contributed by atoms with Gasteiger partial charge in [-0.2, -0.15) is 0 Å². The van der Waals surface area contributed by atoms with Gasteiger partial charge in [-0.05, 0) is 56.3 Å². The molecule has 7 heteroatoms. The van der Waals surface area contributed by atoms with Crippen LogP contribution in [0.3, 0.4) is 0 Å². The van der Waals surface area contributed by atoms with Gasteiger partial charge in [0.2, 0.25) is 10.0 Å². The minimum atomic E-state index is -3.44. The molecule has 20 heavy (non-hydrogen) atoms. The summed E-state index contributed by atoms with van der Waals surface area (Å²) in [7, 11) is -3.44. The van der Waals surface area contributed by atoms with E-state index in [1.54, 1.807) is 0 Å². The lowest BCUT2D eigenvalue weighted by Crippen LogP contribution is -3.18. The van der Waals surface area contributed by atoms with E-state index in [9.17, 15) is 13.2 Å². The number of nitrogens with one attached hydrogen (secondary N) is 1. The normalized spacial score (nSPS) is 59.0. The molecule has 1 amide bonds. The number of sulfonamides is 1. The summed E-state index contributed by atoms with van der Waals surface area (Å²) in [6, 6.07) is 0. The molecule has 0 aromatic rings. The van der Waals surface area contributed by atoms with E-state index in [-0.39, 0.29) is 29.4 Å². The zero-order valence-electron chi connectivity index (χ0n) is 11.6. The molecule has 0 bridgehead atoms. The number of alkyl carbamates (subject to hydrolysis) is 1. The highest BCUT2D eigenvalue weighted by Gasteiger charge is 3.13. The van der Waals surface area contributed by atoms with Crippen molar-refractivity contribution >= 4 is 16.1 Å². The lowest BCUT2D eigenvalue weighted by atomic mass is 8.98. The quantitative estimate of drug-likeness (QED) is 0.752. The Morgan fingerprint density at radius 2 is 1.55 bits per heavy atom. The number of primary sulfonamides is 1. The van der Waals surface area contributed by atoms with Gasteiger partial charge in [-0.15, -0.1) is 0 Å². The van der Waals surface area contributed by atoms with Crippen LogP contribution in [0.15, 0.2) is 0 Å². The van der Waals surface area contributed by atoms with Crippen molar-refractivity contribution in [2.45, 2.75) is 36.7 Å². The molecule has 0 atom stereocenters. The summed E-state index contributed by atoms with van der Waals surface area (Å²) in [6.07, 6.45) is -0.377. The zero-order valence-corrected chi connectivity index (χ0v) is 12.4. The van der Waals surface area contributed by atoms with E-state index >= 15 is 0 Å². The third kappa shape index (κ3) is 0.736. The number of hydrogen-bond acceptors (Lipinski definition) is 4. The van der Waals surface area contributed by atoms with Crippen molar-refractivity contribution < 1.29 is 17.9 Å². The first-order valence-electron chi connectivity index (χ1n) is 7.12. The summed E-state index contributed by atoms with van der Waals surface area (Å²) in [5.74, 6) is 1.59. The number of nitrogens with two attached hydrogens (primary N) is 1. The fraction of sp³-hybridized carbons (Fsp3) is 0.923. The molecule has 0 radical (unpaired) electrons. The topological polar surface area (TPSA) is 98.5 Å². The molecule has 0 spiro atoms. The van der Waals surface area contributed by atoms with Crippen LogP contribution in [0.5, 0.6) is 0 Å². The molecule has 110 valence electrons. The molecule has 6 fully saturated rings. The largest absolute Gasteiger partial charge is 0.444 e. The lowest BCUT2D eigenvalue weighted by molar-refractivity contribution is -0.560. The van der Waals surface area contributed by atoms with Crippen LogP contribution in [0.25, 0.3) is 0 Å². The second kappa shape index (κ2) is 2.52. The second-order valence-electron chi connectivity index (χ2n) is 8.11. The minimum Gasteiger partial charge on any atom is -0.444 e. The standard InChI is InChI=1S/C13H18N2O4S/c1-11(2,3)19-10(16)15-12-4-7-5(12)9-6(12)8(4)13(7,9)20(14,17)18/h4-9H,1-3H3,(H,15,16)(H2,14,17,18). The maximum absolute atomic E-state index is 11.9. The number of carbonyl (C=O) groups excluding carboxylic acids is 1. The fourth-order valence-corrected chi connectivity index (χ4v) is 8.75. The molecule has 6 aliphatic carbocycles. The highest BCUT2D eigenvalue weighted by Crippen LogP contribution is 3.04. The number of carbonyl (C=O) groups is 1. The van der Waals surface area contributed by atoms with Gasteiger partial charge < -0.3 is 10.1 Å². The molecular formula is C13H18N2O4S. The summed E-state index contributed by atoms with van der Waals surface area (Å²) < 4.78 is 28.3. The van der Waals surface area contributed by atoms with Crippen LogP contribution >= 0.6 is 0 Å². The van der Waals surface area contributed by atoms with Crippen molar-refractivity contribution in [2.75, 3.05) is 0 Å². The predicted octanol–water partition coefficient (Wildman–Crippen LogP) is 0.0424. The van der Waals surface area contributed by atoms with Crippen molar-refractivity contribution in [2.24, 2.45) is 40.6 Å². The van der Waals surface area contributed by atoms with Crippen LogP contribution in [0.4, 0.5) is 4.79 Å². The van der Waals surface area contributed by atoms with Crippen molar-refractivity contribution in [1.29, 1.82) is 0 Å². The average Bonchev–Trinajstić information content (AvgIpc) is 2.24.